The van der Waals surface area contributed by atoms with Gasteiger partial charge in [0.2, 0.25) is 0 Å². The van der Waals surface area contributed by atoms with E-state index in [4.69, 9.17) is 4.52 Å². The fourth-order valence-corrected chi connectivity index (χ4v) is 2.62. The maximum Gasteiger partial charge on any atom is 0.188 e. The van der Waals surface area contributed by atoms with Gasteiger partial charge in [0.15, 0.2) is 17.1 Å². The minimum absolute atomic E-state index is 0.585. The molecule has 0 aliphatic rings. The highest BCUT2D eigenvalue weighted by atomic mass is 16.5. The summed E-state index contributed by atoms with van der Waals surface area (Å²) < 4.78 is 6.99. The van der Waals surface area contributed by atoms with Crippen LogP contribution in [0.1, 0.15) is 11.4 Å². The lowest BCUT2D eigenvalue weighted by molar-refractivity contribution is 0.430. The SMILES string of the molecule is Cc1nn2c(C)c(-c3ccno3)nnc2c1-c1ccccc1. The van der Waals surface area contributed by atoms with E-state index < -0.39 is 0 Å². The topological polar surface area (TPSA) is 69.1 Å². The first-order valence-corrected chi connectivity index (χ1v) is 6.95. The maximum absolute atomic E-state index is 5.18. The third kappa shape index (κ3) is 1.81. The fourth-order valence-electron chi connectivity index (χ4n) is 2.62. The Kier molecular flexibility index (Phi) is 2.75. The summed E-state index contributed by atoms with van der Waals surface area (Å²) in [6.45, 7) is 3.92. The second-order valence-corrected chi connectivity index (χ2v) is 5.07. The average molecular weight is 291 g/mol. The Morgan fingerprint density at radius 3 is 2.55 bits per heavy atom. The molecule has 6 heteroatoms. The Hall–Kier alpha value is -3.02. The number of rotatable bonds is 2. The first kappa shape index (κ1) is 12.7. The molecule has 0 aliphatic heterocycles. The lowest BCUT2D eigenvalue weighted by atomic mass is 10.1. The zero-order chi connectivity index (χ0) is 15.1. The molecule has 3 aromatic heterocycles. The molecule has 0 unspecified atom stereocenters. The van der Waals surface area contributed by atoms with E-state index >= 15 is 0 Å². The van der Waals surface area contributed by atoms with Gasteiger partial charge in [-0.1, -0.05) is 35.5 Å². The molecule has 0 saturated carbocycles. The highest BCUT2D eigenvalue weighted by Crippen LogP contribution is 2.29. The second-order valence-electron chi connectivity index (χ2n) is 5.07. The number of fused-ring (bicyclic) bond motifs is 1. The molecule has 1 aromatic carbocycles. The summed E-state index contributed by atoms with van der Waals surface area (Å²) >= 11 is 0. The molecule has 6 nitrogen and oxygen atoms in total. The third-order valence-electron chi connectivity index (χ3n) is 3.67. The molecule has 3 heterocycles. The normalized spacial score (nSPS) is 11.2. The predicted molar refractivity (Wildman–Crippen MR) is 81.2 cm³/mol. The van der Waals surface area contributed by atoms with Gasteiger partial charge in [-0.3, -0.25) is 0 Å². The van der Waals surface area contributed by atoms with Crippen molar-refractivity contribution in [2.24, 2.45) is 0 Å². The predicted octanol–water partition coefficient (Wildman–Crippen LogP) is 3.06. The van der Waals surface area contributed by atoms with Gasteiger partial charge >= 0.3 is 0 Å². The Labute approximate surface area is 126 Å². The second kappa shape index (κ2) is 4.77. The minimum atomic E-state index is 0.585. The van der Waals surface area contributed by atoms with Crippen molar-refractivity contribution in [2.75, 3.05) is 0 Å². The molecule has 0 spiro atoms. The minimum Gasteiger partial charge on any atom is -0.355 e. The highest BCUT2D eigenvalue weighted by molar-refractivity contribution is 5.80. The van der Waals surface area contributed by atoms with E-state index in [1.54, 1.807) is 12.3 Å². The van der Waals surface area contributed by atoms with Gasteiger partial charge in [0.25, 0.3) is 0 Å². The van der Waals surface area contributed by atoms with E-state index in [-0.39, 0.29) is 0 Å². The summed E-state index contributed by atoms with van der Waals surface area (Å²) in [6, 6.07) is 11.8. The highest BCUT2D eigenvalue weighted by Gasteiger charge is 2.18. The first-order chi connectivity index (χ1) is 10.8. The van der Waals surface area contributed by atoms with Crippen molar-refractivity contribution >= 4 is 5.65 Å². The van der Waals surface area contributed by atoms with E-state index in [2.05, 4.69) is 20.5 Å². The van der Waals surface area contributed by atoms with Gasteiger partial charge in [0.1, 0.15) is 0 Å². The molecule has 0 saturated heterocycles. The Bertz CT molecular complexity index is 942. The van der Waals surface area contributed by atoms with E-state index in [0.717, 1.165) is 28.2 Å². The van der Waals surface area contributed by atoms with E-state index in [0.29, 0.717) is 11.5 Å². The number of hydrogen-bond acceptors (Lipinski definition) is 5. The largest absolute Gasteiger partial charge is 0.355 e. The molecule has 0 bridgehead atoms. The fraction of sp³-hybridized carbons (Fsp3) is 0.125. The molecule has 22 heavy (non-hydrogen) atoms. The molecule has 0 radical (unpaired) electrons. The number of benzene rings is 1. The van der Waals surface area contributed by atoms with Crippen LogP contribution in [0.5, 0.6) is 0 Å². The lowest BCUT2D eigenvalue weighted by Crippen LogP contribution is -2.02. The quantitative estimate of drug-likeness (QED) is 0.567. The van der Waals surface area contributed by atoms with Crippen LogP contribution in [0, 0.1) is 13.8 Å². The standard InChI is InChI=1S/C16H13N5O/c1-10-14(12-6-4-3-5-7-12)16-19-18-15(11(2)21(16)20-10)13-8-9-17-22-13/h3-9H,1-2H3. The molecule has 0 fully saturated rings. The van der Waals surface area contributed by atoms with Crippen LogP contribution in [0.15, 0.2) is 47.1 Å². The van der Waals surface area contributed by atoms with Crippen molar-refractivity contribution in [3.63, 3.8) is 0 Å². The number of aryl methyl sites for hydroxylation is 2. The van der Waals surface area contributed by atoms with Crippen molar-refractivity contribution in [1.82, 2.24) is 25.0 Å². The monoisotopic (exact) mass is 291 g/mol. The average Bonchev–Trinajstić information content (AvgIpc) is 3.16. The molecule has 4 rings (SSSR count). The van der Waals surface area contributed by atoms with Crippen LogP contribution in [-0.2, 0) is 0 Å². The van der Waals surface area contributed by atoms with Crippen LogP contribution in [0.2, 0.25) is 0 Å². The summed E-state index contributed by atoms with van der Waals surface area (Å²) in [4.78, 5) is 0. The molecule has 0 amide bonds. The first-order valence-electron chi connectivity index (χ1n) is 6.95. The van der Waals surface area contributed by atoms with Gasteiger partial charge in [0, 0.05) is 6.07 Å². The Morgan fingerprint density at radius 2 is 1.82 bits per heavy atom. The van der Waals surface area contributed by atoms with Gasteiger partial charge in [-0.05, 0) is 19.4 Å². The van der Waals surface area contributed by atoms with Crippen molar-refractivity contribution in [2.45, 2.75) is 13.8 Å². The molecule has 0 N–H and O–H groups in total. The van der Waals surface area contributed by atoms with Crippen LogP contribution < -0.4 is 0 Å². The summed E-state index contributed by atoms with van der Waals surface area (Å²) in [5.74, 6) is 0.585. The third-order valence-corrected chi connectivity index (χ3v) is 3.67. The van der Waals surface area contributed by atoms with Gasteiger partial charge in [-0.25, -0.2) is 4.52 Å². The van der Waals surface area contributed by atoms with Crippen molar-refractivity contribution < 1.29 is 4.52 Å². The van der Waals surface area contributed by atoms with E-state index in [1.165, 1.54) is 0 Å². The Morgan fingerprint density at radius 1 is 1.00 bits per heavy atom. The van der Waals surface area contributed by atoms with Gasteiger partial charge < -0.3 is 4.52 Å². The number of nitrogens with zero attached hydrogens (tertiary/aromatic N) is 5. The molecular formula is C16H13N5O. The molecule has 0 aliphatic carbocycles. The number of hydrogen-bond donors (Lipinski definition) is 0. The lowest BCUT2D eigenvalue weighted by Gasteiger charge is -2.03. The Balaban J connectivity index is 1.99. The summed E-state index contributed by atoms with van der Waals surface area (Å²) in [6.07, 6.45) is 1.59. The smallest absolute Gasteiger partial charge is 0.188 e. The molecule has 4 aromatic rings. The van der Waals surface area contributed by atoms with Crippen molar-refractivity contribution in [1.29, 1.82) is 0 Å². The summed E-state index contributed by atoms with van der Waals surface area (Å²) in [7, 11) is 0. The van der Waals surface area contributed by atoms with E-state index in [1.807, 2.05) is 48.7 Å². The molecule has 108 valence electrons. The van der Waals surface area contributed by atoms with Gasteiger partial charge in [-0.15, -0.1) is 10.2 Å². The van der Waals surface area contributed by atoms with Crippen LogP contribution in [-0.4, -0.2) is 25.0 Å². The summed E-state index contributed by atoms with van der Waals surface area (Å²) in [5, 5.41) is 17.0. The molecule has 0 atom stereocenters. The van der Waals surface area contributed by atoms with Crippen LogP contribution >= 0.6 is 0 Å². The van der Waals surface area contributed by atoms with Crippen LogP contribution in [0.4, 0.5) is 0 Å². The maximum atomic E-state index is 5.18. The van der Waals surface area contributed by atoms with Crippen molar-refractivity contribution in [3.8, 4) is 22.6 Å². The van der Waals surface area contributed by atoms with E-state index in [9.17, 15) is 0 Å². The van der Waals surface area contributed by atoms with Gasteiger partial charge in [-0.2, -0.15) is 5.10 Å². The van der Waals surface area contributed by atoms with Gasteiger partial charge in [0.05, 0.1) is 23.1 Å². The van der Waals surface area contributed by atoms with Crippen molar-refractivity contribution in [3.05, 3.63) is 54.0 Å². The van der Waals surface area contributed by atoms with Crippen LogP contribution in [0.25, 0.3) is 28.2 Å². The summed E-state index contributed by atoms with van der Waals surface area (Å²) in [5.41, 5.74) is 5.25. The number of aromatic nitrogens is 5. The zero-order valence-corrected chi connectivity index (χ0v) is 12.2. The molecular weight excluding hydrogens is 278 g/mol. The zero-order valence-electron chi connectivity index (χ0n) is 12.2. The van der Waals surface area contributed by atoms with Crippen LogP contribution in [0.3, 0.4) is 0 Å².